The van der Waals surface area contributed by atoms with Gasteiger partial charge in [-0.2, -0.15) is 0 Å². The van der Waals surface area contributed by atoms with E-state index in [2.05, 4.69) is 13.8 Å². The van der Waals surface area contributed by atoms with Crippen LogP contribution in [0.15, 0.2) is 36.0 Å². The molecule has 0 unspecified atom stereocenters. The maximum atomic E-state index is 7.34. The summed E-state index contributed by atoms with van der Waals surface area (Å²) in [6.45, 7) is 10.2. The van der Waals surface area contributed by atoms with Gasteiger partial charge in [-0.25, -0.2) is 0 Å². The SMILES string of the molecule is C/C=C1/C=CC=CC1=N.CC.CCC. The van der Waals surface area contributed by atoms with E-state index < -0.39 is 0 Å². The zero-order valence-corrected chi connectivity index (χ0v) is 10.1. The van der Waals surface area contributed by atoms with Gasteiger partial charge in [0.15, 0.2) is 0 Å². The first kappa shape index (κ1) is 15.4. The zero-order valence-electron chi connectivity index (χ0n) is 10.1. The Morgan fingerprint density at radius 3 is 1.86 bits per heavy atom. The first-order chi connectivity index (χ1) is 6.76. The lowest BCUT2D eigenvalue weighted by Gasteiger charge is -2.00. The molecule has 0 aromatic heterocycles. The van der Waals surface area contributed by atoms with Gasteiger partial charge in [0, 0.05) is 0 Å². The van der Waals surface area contributed by atoms with Crippen LogP contribution in [0.5, 0.6) is 0 Å². The Morgan fingerprint density at radius 2 is 1.57 bits per heavy atom. The Hall–Kier alpha value is -1.11. The molecule has 1 heteroatoms. The van der Waals surface area contributed by atoms with E-state index in [0.29, 0.717) is 5.71 Å². The molecule has 0 aliphatic heterocycles. The third-order valence-electron chi connectivity index (χ3n) is 1.27. The second kappa shape index (κ2) is 11.9. The van der Waals surface area contributed by atoms with Crippen molar-refractivity contribution in [3.8, 4) is 0 Å². The van der Waals surface area contributed by atoms with Crippen LogP contribution >= 0.6 is 0 Å². The minimum Gasteiger partial charge on any atom is -0.300 e. The van der Waals surface area contributed by atoms with Crippen molar-refractivity contribution in [2.75, 3.05) is 0 Å². The maximum absolute atomic E-state index is 7.34. The summed E-state index contributed by atoms with van der Waals surface area (Å²) in [5, 5.41) is 7.34. The Morgan fingerprint density at radius 1 is 1.14 bits per heavy atom. The fraction of sp³-hybridized carbons (Fsp3) is 0.462. The molecule has 1 aliphatic rings. The monoisotopic (exact) mass is 193 g/mol. The molecule has 0 radical (unpaired) electrons. The lowest BCUT2D eigenvalue weighted by molar-refractivity contribution is 1.09. The van der Waals surface area contributed by atoms with Crippen LogP contribution in [0.3, 0.4) is 0 Å². The predicted octanol–water partition coefficient (Wildman–Crippen LogP) is 4.52. The summed E-state index contributed by atoms with van der Waals surface area (Å²) in [5.74, 6) is 0. The highest BCUT2D eigenvalue weighted by atomic mass is 14.4. The van der Waals surface area contributed by atoms with E-state index in [4.69, 9.17) is 5.41 Å². The number of hydrogen-bond acceptors (Lipinski definition) is 1. The van der Waals surface area contributed by atoms with E-state index >= 15 is 0 Å². The zero-order chi connectivity index (χ0) is 11.4. The first-order valence-electron chi connectivity index (χ1n) is 5.36. The van der Waals surface area contributed by atoms with Gasteiger partial charge in [-0.1, -0.05) is 58.4 Å². The molecular weight excluding hydrogens is 170 g/mol. The van der Waals surface area contributed by atoms with Crippen molar-refractivity contribution in [3.63, 3.8) is 0 Å². The molecule has 0 heterocycles. The minimum absolute atomic E-state index is 0.597. The Kier molecular flexibility index (Phi) is 13.1. The van der Waals surface area contributed by atoms with Gasteiger partial charge < -0.3 is 5.41 Å². The number of rotatable bonds is 0. The van der Waals surface area contributed by atoms with Crippen LogP contribution in [0, 0.1) is 5.41 Å². The van der Waals surface area contributed by atoms with Crippen molar-refractivity contribution >= 4 is 5.71 Å². The van der Waals surface area contributed by atoms with Crippen LogP contribution in [-0.4, -0.2) is 5.71 Å². The van der Waals surface area contributed by atoms with E-state index in [1.165, 1.54) is 6.42 Å². The van der Waals surface area contributed by atoms with E-state index in [9.17, 15) is 0 Å². The molecule has 0 fully saturated rings. The predicted molar refractivity (Wildman–Crippen MR) is 67.1 cm³/mol. The van der Waals surface area contributed by atoms with E-state index in [1.54, 1.807) is 6.08 Å². The van der Waals surface area contributed by atoms with E-state index in [1.807, 2.05) is 45.1 Å². The van der Waals surface area contributed by atoms with Crippen LogP contribution in [0.1, 0.15) is 41.0 Å². The molecule has 0 spiro atoms. The van der Waals surface area contributed by atoms with Crippen molar-refractivity contribution in [2.24, 2.45) is 0 Å². The highest BCUT2D eigenvalue weighted by Crippen LogP contribution is 2.05. The van der Waals surface area contributed by atoms with Crippen molar-refractivity contribution in [3.05, 3.63) is 36.0 Å². The molecule has 14 heavy (non-hydrogen) atoms. The maximum Gasteiger partial charge on any atom is 0.0608 e. The highest BCUT2D eigenvalue weighted by Gasteiger charge is 1.96. The highest BCUT2D eigenvalue weighted by molar-refractivity contribution is 6.09. The fourth-order valence-corrected chi connectivity index (χ4v) is 0.749. The summed E-state index contributed by atoms with van der Waals surface area (Å²) >= 11 is 0. The lowest BCUT2D eigenvalue weighted by Crippen LogP contribution is -1.95. The topological polar surface area (TPSA) is 23.9 Å². The van der Waals surface area contributed by atoms with Gasteiger partial charge in [0.05, 0.1) is 5.71 Å². The van der Waals surface area contributed by atoms with Crippen LogP contribution in [0.4, 0.5) is 0 Å². The summed E-state index contributed by atoms with van der Waals surface area (Å²) in [6, 6.07) is 0. The van der Waals surface area contributed by atoms with Gasteiger partial charge >= 0.3 is 0 Å². The smallest absolute Gasteiger partial charge is 0.0608 e. The van der Waals surface area contributed by atoms with Crippen molar-refractivity contribution < 1.29 is 0 Å². The molecule has 0 bridgehead atoms. The standard InChI is InChI=1S/C8H9N.C3H8.C2H6/c1-2-7-5-3-4-6-8(7)9;1-3-2;1-2/h2-6,9H,1H3;3H2,1-2H3;1-2H3/b7-2-,9-8?;;. The number of nitrogens with one attached hydrogen (secondary N) is 1. The molecule has 1 aliphatic carbocycles. The Labute approximate surface area is 88.7 Å². The summed E-state index contributed by atoms with van der Waals surface area (Å²) in [6.07, 6.45) is 10.7. The molecule has 0 aromatic carbocycles. The van der Waals surface area contributed by atoms with E-state index in [0.717, 1.165) is 5.57 Å². The molecule has 0 atom stereocenters. The Bertz CT molecular complexity index is 219. The van der Waals surface area contributed by atoms with Crippen LogP contribution < -0.4 is 0 Å². The average molecular weight is 193 g/mol. The fourth-order valence-electron chi connectivity index (χ4n) is 0.749. The van der Waals surface area contributed by atoms with Gasteiger partial charge in [0.25, 0.3) is 0 Å². The molecule has 80 valence electrons. The average Bonchev–Trinajstić information content (AvgIpc) is 2.23. The minimum atomic E-state index is 0.597. The quantitative estimate of drug-likeness (QED) is 0.585. The molecule has 1 nitrogen and oxygen atoms in total. The molecule has 0 saturated carbocycles. The van der Waals surface area contributed by atoms with Gasteiger partial charge in [0.2, 0.25) is 0 Å². The van der Waals surface area contributed by atoms with Gasteiger partial charge in [-0.15, -0.1) is 0 Å². The normalized spacial score (nSPS) is 15.5. The van der Waals surface area contributed by atoms with Crippen LogP contribution in [0.2, 0.25) is 0 Å². The molecule has 1 N–H and O–H groups in total. The van der Waals surface area contributed by atoms with Gasteiger partial charge in [0.1, 0.15) is 0 Å². The van der Waals surface area contributed by atoms with Crippen molar-refractivity contribution in [1.29, 1.82) is 5.41 Å². The van der Waals surface area contributed by atoms with Crippen molar-refractivity contribution in [1.82, 2.24) is 0 Å². The largest absolute Gasteiger partial charge is 0.300 e. The summed E-state index contributed by atoms with van der Waals surface area (Å²) < 4.78 is 0. The summed E-state index contributed by atoms with van der Waals surface area (Å²) in [5.41, 5.74) is 1.59. The first-order valence-corrected chi connectivity index (χ1v) is 5.36. The molecule has 0 amide bonds. The van der Waals surface area contributed by atoms with Crippen LogP contribution in [-0.2, 0) is 0 Å². The molecule has 0 saturated heterocycles. The second-order valence-electron chi connectivity index (χ2n) is 2.58. The molecule has 1 rings (SSSR count). The summed E-state index contributed by atoms with van der Waals surface area (Å²) in [4.78, 5) is 0. The van der Waals surface area contributed by atoms with E-state index in [-0.39, 0.29) is 0 Å². The van der Waals surface area contributed by atoms with Gasteiger partial charge in [-0.05, 0) is 18.6 Å². The van der Waals surface area contributed by atoms with Gasteiger partial charge in [-0.3, -0.25) is 0 Å². The molecular formula is C13H23N. The second-order valence-corrected chi connectivity index (χ2v) is 2.58. The number of hydrogen-bond donors (Lipinski definition) is 1. The number of allylic oxidation sites excluding steroid dienone is 6. The summed E-state index contributed by atoms with van der Waals surface area (Å²) in [7, 11) is 0. The Balaban J connectivity index is 0. The lowest BCUT2D eigenvalue weighted by atomic mass is 10.1. The molecule has 0 aromatic rings. The third-order valence-corrected chi connectivity index (χ3v) is 1.27. The third kappa shape index (κ3) is 7.53. The van der Waals surface area contributed by atoms with Crippen LogP contribution in [0.25, 0.3) is 0 Å². The van der Waals surface area contributed by atoms with Crippen molar-refractivity contribution in [2.45, 2.75) is 41.0 Å².